The smallest absolute Gasteiger partial charge is 0.222 e. The molecular weight excluding hydrogens is 479 g/mol. The molecule has 0 unspecified atom stereocenters. The predicted molar refractivity (Wildman–Crippen MR) is 127 cm³/mol. The number of nitrogens with one attached hydrogen (secondary N) is 2. The van der Waals surface area contributed by atoms with Crippen molar-refractivity contribution in [1.29, 1.82) is 0 Å². The highest BCUT2D eigenvalue weighted by atomic mass is 127. The minimum absolute atomic E-state index is 0. The Kier molecular flexibility index (Phi) is 9.96. The zero-order valence-corrected chi connectivity index (χ0v) is 19.3. The Labute approximate surface area is 190 Å². The Bertz CT molecular complexity index is 760. The van der Waals surface area contributed by atoms with E-state index in [-0.39, 0.29) is 29.9 Å². The lowest BCUT2D eigenvalue weighted by atomic mass is 10.1. The highest BCUT2D eigenvalue weighted by Gasteiger charge is 2.18. The number of likely N-dealkylation sites (tertiary alicyclic amines) is 1. The van der Waals surface area contributed by atoms with E-state index in [1.54, 1.807) is 6.20 Å². The summed E-state index contributed by atoms with van der Waals surface area (Å²) >= 11 is 0. The molecule has 1 fully saturated rings. The van der Waals surface area contributed by atoms with Crippen LogP contribution in [0.3, 0.4) is 0 Å². The van der Waals surface area contributed by atoms with E-state index in [1.807, 2.05) is 21.8 Å². The van der Waals surface area contributed by atoms with Gasteiger partial charge in [-0.15, -0.1) is 24.0 Å². The van der Waals surface area contributed by atoms with Crippen molar-refractivity contribution >= 4 is 35.8 Å². The number of hydrogen-bond donors (Lipinski definition) is 2. The minimum atomic E-state index is 0. The first kappa shape index (κ1) is 23.2. The van der Waals surface area contributed by atoms with E-state index in [4.69, 9.17) is 0 Å². The van der Waals surface area contributed by atoms with Gasteiger partial charge in [0.15, 0.2) is 5.96 Å². The van der Waals surface area contributed by atoms with Gasteiger partial charge in [0.25, 0.3) is 0 Å². The minimum Gasteiger partial charge on any atom is -0.357 e. The molecule has 2 heterocycles. The van der Waals surface area contributed by atoms with Crippen molar-refractivity contribution in [2.45, 2.75) is 32.6 Å². The number of amides is 1. The second kappa shape index (κ2) is 12.5. The summed E-state index contributed by atoms with van der Waals surface area (Å²) < 4.78 is 1.85. The fourth-order valence-electron chi connectivity index (χ4n) is 3.30. The Morgan fingerprint density at radius 2 is 2.07 bits per heavy atom. The molecule has 7 nitrogen and oxygen atoms in total. The lowest BCUT2D eigenvalue weighted by Crippen LogP contribution is -2.38. The Morgan fingerprint density at radius 3 is 2.72 bits per heavy atom. The van der Waals surface area contributed by atoms with Crippen LogP contribution in [0.15, 0.2) is 47.7 Å². The Balaban J connectivity index is 0.00000300. The molecule has 1 amide bonds. The molecule has 158 valence electrons. The molecule has 2 N–H and O–H groups in total. The van der Waals surface area contributed by atoms with E-state index in [9.17, 15) is 4.79 Å². The van der Waals surface area contributed by atoms with Gasteiger partial charge in [-0.05, 0) is 49.9 Å². The average molecular weight is 510 g/mol. The van der Waals surface area contributed by atoms with E-state index in [1.165, 1.54) is 5.56 Å². The summed E-state index contributed by atoms with van der Waals surface area (Å²) in [5, 5.41) is 10.9. The van der Waals surface area contributed by atoms with Gasteiger partial charge in [0.1, 0.15) is 0 Å². The highest BCUT2D eigenvalue weighted by molar-refractivity contribution is 14.0. The van der Waals surface area contributed by atoms with Crippen molar-refractivity contribution in [1.82, 2.24) is 25.3 Å². The number of aliphatic imine (C=N–C) groups is 1. The molecule has 1 aliphatic heterocycles. The number of aromatic nitrogens is 2. The van der Waals surface area contributed by atoms with Gasteiger partial charge in [-0.2, -0.15) is 5.10 Å². The molecule has 8 heteroatoms. The zero-order chi connectivity index (χ0) is 19.6. The van der Waals surface area contributed by atoms with E-state index < -0.39 is 0 Å². The van der Waals surface area contributed by atoms with Crippen LogP contribution in [0.25, 0.3) is 5.69 Å². The van der Waals surface area contributed by atoms with Gasteiger partial charge >= 0.3 is 0 Å². The van der Waals surface area contributed by atoms with Crippen molar-refractivity contribution in [3.63, 3.8) is 0 Å². The summed E-state index contributed by atoms with van der Waals surface area (Å²) in [4.78, 5) is 18.2. The fraction of sp³-hybridized carbons (Fsp3) is 0.476. The van der Waals surface area contributed by atoms with Gasteiger partial charge in [0, 0.05) is 51.5 Å². The number of hydrogen-bond acceptors (Lipinski definition) is 3. The van der Waals surface area contributed by atoms with Gasteiger partial charge in [0.2, 0.25) is 5.91 Å². The number of carbonyl (C=O) groups is 1. The normalized spacial score (nSPS) is 14.0. The SMILES string of the molecule is CCNC(=NCCCN1CCCC1=O)NCCc1ccc(-n2cccn2)cc1.I. The predicted octanol–water partition coefficient (Wildman–Crippen LogP) is 2.60. The van der Waals surface area contributed by atoms with Crippen molar-refractivity contribution in [2.75, 3.05) is 32.7 Å². The molecule has 1 aromatic carbocycles. The van der Waals surface area contributed by atoms with Gasteiger partial charge in [-0.3, -0.25) is 9.79 Å². The van der Waals surface area contributed by atoms with Gasteiger partial charge in [-0.1, -0.05) is 12.1 Å². The monoisotopic (exact) mass is 510 g/mol. The van der Waals surface area contributed by atoms with Crippen molar-refractivity contribution < 1.29 is 4.79 Å². The second-order valence-corrected chi connectivity index (χ2v) is 6.89. The fourth-order valence-corrected chi connectivity index (χ4v) is 3.30. The molecule has 0 bridgehead atoms. The number of halogens is 1. The van der Waals surface area contributed by atoms with Crippen molar-refractivity contribution in [3.05, 3.63) is 48.3 Å². The van der Waals surface area contributed by atoms with Crippen LogP contribution < -0.4 is 10.6 Å². The third kappa shape index (κ3) is 7.34. The molecule has 1 aliphatic rings. The van der Waals surface area contributed by atoms with Crippen LogP contribution in [0.2, 0.25) is 0 Å². The maximum absolute atomic E-state index is 11.6. The molecule has 29 heavy (non-hydrogen) atoms. The number of benzene rings is 1. The molecule has 0 atom stereocenters. The highest BCUT2D eigenvalue weighted by Crippen LogP contribution is 2.10. The van der Waals surface area contributed by atoms with Crippen LogP contribution >= 0.6 is 24.0 Å². The first-order chi connectivity index (χ1) is 13.8. The third-order valence-electron chi connectivity index (χ3n) is 4.78. The summed E-state index contributed by atoms with van der Waals surface area (Å²) in [5.41, 5.74) is 2.33. The quantitative estimate of drug-likeness (QED) is 0.236. The van der Waals surface area contributed by atoms with Crippen LogP contribution in [-0.2, 0) is 11.2 Å². The summed E-state index contributed by atoms with van der Waals surface area (Å²) in [6.07, 6.45) is 7.24. The zero-order valence-electron chi connectivity index (χ0n) is 17.0. The van der Waals surface area contributed by atoms with Crippen LogP contribution in [0.4, 0.5) is 0 Å². The Hall–Kier alpha value is -2.10. The van der Waals surface area contributed by atoms with Crippen LogP contribution in [0.1, 0.15) is 31.7 Å². The van der Waals surface area contributed by atoms with Crippen LogP contribution in [0, 0.1) is 0 Å². The maximum Gasteiger partial charge on any atom is 0.222 e. The standard InChI is InChI=1S/C21H30N6O.HI/c1-2-22-21(23-12-4-16-26-15-3-6-20(26)28)24-14-11-18-7-9-19(10-8-18)27-17-5-13-25-27;/h5,7-10,13,17H,2-4,6,11-12,14-16H2,1H3,(H2,22,23,24);1H. The number of rotatable bonds is 9. The summed E-state index contributed by atoms with van der Waals surface area (Å²) in [6.45, 7) is 6.14. The second-order valence-electron chi connectivity index (χ2n) is 6.89. The van der Waals surface area contributed by atoms with Crippen LogP contribution in [-0.4, -0.2) is 59.3 Å². The molecule has 3 rings (SSSR count). The third-order valence-corrected chi connectivity index (χ3v) is 4.78. The first-order valence-corrected chi connectivity index (χ1v) is 10.1. The lowest BCUT2D eigenvalue weighted by molar-refractivity contribution is -0.127. The molecule has 0 radical (unpaired) electrons. The number of carbonyl (C=O) groups excluding carboxylic acids is 1. The maximum atomic E-state index is 11.6. The summed E-state index contributed by atoms with van der Waals surface area (Å²) in [7, 11) is 0. The lowest BCUT2D eigenvalue weighted by Gasteiger charge is -2.15. The van der Waals surface area contributed by atoms with Gasteiger partial charge in [-0.25, -0.2) is 4.68 Å². The molecule has 0 saturated carbocycles. The van der Waals surface area contributed by atoms with Crippen LogP contribution in [0.5, 0.6) is 0 Å². The Morgan fingerprint density at radius 1 is 1.24 bits per heavy atom. The van der Waals surface area contributed by atoms with Crippen molar-refractivity contribution in [2.24, 2.45) is 4.99 Å². The molecule has 1 saturated heterocycles. The molecule has 0 aliphatic carbocycles. The van der Waals surface area contributed by atoms with E-state index in [0.717, 1.165) is 63.6 Å². The van der Waals surface area contributed by atoms with Gasteiger partial charge in [0.05, 0.1) is 5.69 Å². The van der Waals surface area contributed by atoms with E-state index in [0.29, 0.717) is 6.42 Å². The van der Waals surface area contributed by atoms with Crippen molar-refractivity contribution in [3.8, 4) is 5.69 Å². The largest absolute Gasteiger partial charge is 0.357 e. The van der Waals surface area contributed by atoms with E-state index in [2.05, 4.69) is 51.9 Å². The molecular formula is C21H31IN6O. The average Bonchev–Trinajstić information content (AvgIpc) is 3.38. The molecule has 1 aromatic heterocycles. The van der Waals surface area contributed by atoms with E-state index >= 15 is 0 Å². The summed E-state index contributed by atoms with van der Waals surface area (Å²) in [5.74, 6) is 1.12. The molecule has 0 spiro atoms. The number of nitrogens with zero attached hydrogens (tertiary/aromatic N) is 4. The molecule has 2 aromatic rings. The number of guanidine groups is 1. The summed E-state index contributed by atoms with van der Waals surface area (Å²) in [6, 6.07) is 10.4. The van der Waals surface area contributed by atoms with Gasteiger partial charge < -0.3 is 15.5 Å². The topological polar surface area (TPSA) is 74.6 Å². The first-order valence-electron chi connectivity index (χ1n) is 10.1.